The van der Waals surface area contributed by atoms with E-state index in [0.717, 1.165) is 5.56 Å². The molecule has 0 heterocycles. The van der Waals surface area contributed by atoms with Crippen molar-refractivity contribution in [2.45, 2.75) is 13.8 Å². The molecule has 0 aliphatic heterocycles. The Kier molecular flexibility index (Phi) is 5.07. The maximum absolute atomic E-state index is 12.2. The molecule has 0 unspecified atom stereocenters. The van der Waals surface area contributed by atoms with Gasteiger partial charge in [0.15, 0.2) is 0 Å². The number of anilines is 1. The van der Waals surface area contributed by atoms with Crippen LogP contribution in [-0.4, -0.2) is 10.8 Å². The van der Waals surface area contributed by atoms with Crippen molar-refractivity contribution in [2.24, 2.45) is 0 Å². The maximum atomic E-state index is 12.2. The smallest absolute Gasteiger partial charge is 0.272 e. The Morgan fingerprint density at radius 3 is 2.62 bits per heavy atom. The quantitative estimate of drug-likeness (QED) is 0.401. The number of benzene rings is 2. The largest absolute Gasteiger partial charge is 0.321 e. The number of aryl methyl sites for hydroxylation is 2. The zero-order valence-electron chi connectivity index (χ0n) is 13.2. The predicted molar refractivity (Wildman–Crippen MR) is 91.2 cm³/mol. The van der Waals surface area contributed by atoms with E-state index in [4.69, 9.17) is 0 Å². The van der Waals surface area contributed by atoms with Crippen LogP contribution in [-0.2, 0) is 4.79 Å². The molecule has 24 heavy (non-hydrogen) atoms. The second-order valence-corrected chi connectivity index (χ2v) is 5.30. The number of nitrogens with one attached hydrogen (secondary N) is 1. The number of nitriles is 1. The van der Waals surface area contributed by atoms with Crippen molar-refractivity contribution >= 4 is 23.4 Å². The van der Waals surface area contributed by atoms with E-state index in [2.05, 4.69) is 5.32 Å². The van der Waals surface area contributed by atoms with Crippen LogP contribution in [0.5, 0.6) is 0 Å². The number of nitrogens with zero attached hydrogens (tertiary/aromatic N) is 2. The highest BCUT2D eigenvalue weighted by Crippen LogP contribution is 2.21. The van der Waals surface area contributed by atoms with E-state index < -0.39 is 10.8 Å². The number of hydrogen-bond donors (Lipinski definition) is 1. The number of carbonyl (C=O) groups is 1. The minimum atomic E-state index is -0.564. The minimum Gasteiger partial charge on any atom is -0.321 e. The lowest BCUT2D eigenvalue weighted by Crippen LogP contribution is -2.13. The van der Waals surface area contributed by atoms with Crippen LogP contribution in [0.4, 0.5) is 11.4 Å². The molecule has 0 radical (unpaired) electrons. The summed E-state index contributed by atoms with van der Waals surface area (Å²) >= 11 is 0. The summed E-state index contributed by atoms with van der Waals surface area (Å²) in [5.74, 6) is -0.564. The molecule has 0 aromatic heterocycles. The van der Waals surface area contributed by atoms with E-state index >= 15 is 0 Å². The Labute approximate surface area is 139 Å². The molecule has 120 valence electrons. The van der Waals surface area contributed by atoms with Crippen molar-refractivity contribution in [3.63, 3.8) is 0 Å². The lowest BCUT2D eigenvalue weighted by atomic mass is 10.1. The first kappa shape index (κ1) is 16.9. The molecule has 0 aliphatic carbocycles. The molecule has 2 aromatic rings. The van der Waals surface area contributed by atoms with Gasteiger partial charge in [-0.2, -0.15) is 5.26 Å². The Hall–Kier alpha value is -3.46. The third-order valence-corrected chi connectivity index (χ3v) is 3.38. The van der Waals surface area contributed by atoms with Crippen LogP contribution in [0.15, 0.2) is 48.0 Å². The van der Waals surface area contributed by atoms with E-state index in [9.17, 15) is 20.2 Å². The van der Waals surface area contributed by atoms with Crippen LogP contribution in [0.25, 0.3) is 6.08 Å². The van der Waals surface area contributed by atoms with Crippen LogP contribution in [0, 0.1) is 35.3 Å². The summed E-state index contributed by atoms with van der Waals surface area (Å²) < 4.78 is 0. The van der Waals surface area contributed by atoms with Gasteiger partial charge in [0, 0.05) is 17.3 Å². The van der Waals surface area contributed by atoms with Crippen LogP contribution in [0.3, 0.4) is 0 Å². The SMILES string of the molecule is Cc1cccc(NC(=O)C(C#N)=Cc2ccc(C)c([N+](=O)[O-])c2)c1. The number of nitro benzene ring substituents is 1. The Bertz CT molecular complexity index is 879. The van der Waals surface area contributed by atoms with Gasteiger partial charge in [0.1, 0.15) is 11.6 Å². The summed E-state index contributed by atoms with van der Waals surface area (Å²) in [5.41, 5.74) is 2.30. The highest BCUT2D eigenvalue weighted by atomic mass is 16.6. The van der Waals surface area contributed by atoms with Gasteiger partial charge in [-0.3, -0.25) is 14.9 Å². The lowest BCUT2D eigenvalue weighted by Gasteiger charge is -2.05. The van der Waals surface area contributed by atoms with Crippen molar-refractivity contribution in [2.75, 3.05) is 5.32 Å². The standard InChI is InChI=1S/C18H15N3O3/c1-12-4-3-5-16(8-12)20-18(22)15(11-19)9-14-7-6-13(2)17(10-14)21(23)24/h3-10H,1-2H3,(H,20,22). The highest BCUT2D eigenvalue weighted by molar-refractivity contribution is 6.09. The second kappa shape index (κ2) is 7.20. The third kappa shape index (κ3) is 4.05. The molecule has 6 nitrogen and oxygen atoms in total. The summed E-state index contributed by atoms with van der Waals surface area (Å²) in [7, 11) is 0. The Morgan fingerprint density at radius 2 is 2.00 bits per heavy atom. The fraction of sp³-hybridized carbons (Fsp3) is 0.111. The van der Waals surface area contributed by atoms with E-state index in [0.29, 0.717) is 16.8 Å². The summed E-state index contributed by atoms with van der Waals surface area (Å²) in [6, 6.07) is 13.6. The first-order valence-corrected chi connectivity index (χ1v) is 7.15. The summed E-state index contributed by atoms with van der Waals surface area (Å²) in [6.45, 7) is 3.52. The van der Waals surface area contributed by atoms with Gasteiger partial charge in [-0.1, -0.05) is 24.3 Å². The maximum Gasteiger partial charge on any atom is 0.272 e. The molecule has 0 spiro atoms. The van der Waals surface area contributed by atoms with Gasteiger partial charge in [0.2, 0.25) is 0 Å². The van der Waals surface area contributed by atoms with Gasteiger partial charge in [0.05, 0.1) is 4.92 Å². The molecule has 0 atom stereocenters. The van der Waals surface area contributed by atoms with Gasteiger partial charge >= 0.3 is 0 Å². The van der Waals surface area contributed by atoms with Crippen molar-refractivity contribution < 1.29 is 9.72 Å². The molecule has 2 aromatic carbocycles. The normalized spacial score (nSPS) is 10.8. The van der Waals surface area contributed by atoms with Crippen LogP contribution >= 0.6 is 0 Å². The summed E-state index contributed by atoms with van der Waals surface area (Å²) in [5, 5.41) is 22.8. The molecular weight excluding hydrogens is 306 g/mol. The van der Waals surface area contributed by atoms with Crippen LogP contribution < -0.4 is 5.32 Å². The predicted octanol–water partition coefficient (Wildman–Crippen LogP) is 3.76. The monoisotopic (exact) mass is 321 g/mol. The molecule has 0 saturated heterocycles. The molecule has 0 saturated carbocycles. The topological polar surface area (TPSA) is 96.0 Å². The first-order chi connectivity index (χ1) is 11.4. The average molecular weight is 321 g/mol. The first-order valence-electron chi connectivity index (χ1n) is 7.15. The molecule has 1 amide bonds. The van der Waals surface area contributed by atoms with Crippen molar-refractivity contribution in [1.29, 1.82) is 5.26 Å². The third-order valence-electron chi connectivity index (χ3n) is 3.38. The van der Waals surface area contributed by atoms with E-state index in [1.54, 1.807) is 37.3 Å². The van der Waals surface area contributed by atoms with Gasteiger partial charge in [0.25, 0.3) is 11.6 Å². The van der Waals surface area contributed by atoms with E-state index in [-0.39, 0.29) is 11.3 Å². The van der Waals surface area contributed by atoms with Crippen molar-refractivity contribution in [1.82, 2.24) is 0 Å². The van der Waals surface area contributed by atoms with Gasteiger partial charge in [-0.15, -0.1) is 0 Å². The van der Waals surface area contributed by atoms with Crippen molar-refractivity contribution in [3.05, 3.63) is 74.8 Å². The van der Waals surface area contributed by atoms with Crippen LogP contribution in [0.2, 0.25) is 0 Å². The van der Waals surface area contributed by atoms with Gasteiger partial charge in [-0.05, 0) is 43.2 Å². The van der Waals surface area contributed by atoms with Gasteiger partial charge < -0.3 is 5.32 Å². The fourth-order valence-electron chi connectivity index (χ4n) is 2.15. The zero-order chi connectivity index (χ0) is 17.7. The van der Waals surface area contributed by atoms with E-state index in [1.165, 1.54) is 12.1 Å². The molecule has 0 fully saturated rings. The number of rotatable bonds is 4. The highest BCUT2D eigenvalue weighted by Gasteiger charge is 2.13. The number of hydrogen-bond acceptors (Lipinski definition) is 4. The minimum absolute atomic E-state index is 0.0554. The summed E-state index contributed by atoms with van der Waals surface area (Å²) in [6.07, 6.45) is 1.33. The van der Waals surface area contributed by atoms with E-state index in [1.807, 2.05) is 19.1 Å². The average Bonchev–Trinajstić information content (AvgIpc) is 2.53. The molecule has 1 N–H and O–H groups in total. The van der Waals surface area contributed by atoms with Gasteiger partial charge in [-0.25, -0.2) is 0 Å². The Balaban J connectivity index is 2.29. The lowest BCUT2D eigenvalue weighted by molar-refractivity contribution is -0.385. The number of carbonyl (C=O) groups excluding carboxylic acids is 1. The van der Waals surface area contributed by atoms with Crippen molar-refractivity contribution in [3.8, 4) is 6.07 Å². The molecule has 2 rings (SSSR count). The van der Waals surface area contributed by atoms with Crippen LogP contribution in [0.1, 0.15) is 16.7 Å². The molecule has 0 aliphatic rings. The fourth-order valence-corrected chi connectivity index (χ4v) is 2.15. The Morgan fingerprint density at radius 1 is 1.25 bits per heavy atom. The molecule has 6 heteroatoms. The number of amides is 1. The molecular formula is C18H15N3O3. The molecule has 0 bridgehead atoms. The second-order valence-electron chi connectivity index (χ2n) is 5.30. The summed E-state index contributed by atoms with van der Waals surface area (Å²) in [4.78, 5) is 22.7. The zero-order valence-corrected chi connectivity index (χ0v) is 13.2. The number of nitro groups is 1.